The van der Waals surface area contributed by atoms with Gasteiger partial charge in [-0.25, -0.2) is 0 Å². The van der Waals surface area contributed by atoms with Crippen molar-refractivity contribution in [2.75, 3.05) is 4.90 Å². The van der Waals surface area contributed by atoms with Gasteiger partial charge in [-0.05, 0) is 110 Å². The van der Waals surface area contributed by atoms with Crippen molar-refractivity contribution < 1.29 is 4.42 Å². The van der Waals surface area contributed by atoms with Gasteiger partial charge in [-0.1, -0.05) is 174 Å². The van der Waals surface area contributed by atoms with Crippen LogP contribution >= 0.6 is 15.9 Å². The maximum atomic E-state index is 6.43. The number of benzene rings is 9. The van der Waals surface area contributed by atoms with E-state index in [1.165, 1.54) is 60.1 Å². The lowest BCUT2D eigenvalue weighted by Gasteiger charge is -2.43. The van der Waals surface area contributed by atoms with Crippen LogP contribution in [0.15, 0.2) is 215 Å². The lowest BCUT2D eigenvalue weighted by atomic mass is 9.60. The second-order valence-electron chi connectivity index (χ2n) is 15.7. The van der Waals surface area contributed by atoms with Crippen LogP contribution in [0.4, 0.5) is 17.1 Å². The van der Waals surface area contributed by atoms with Crippen LogP contribution in [0.2, 0.25) is 0 Å². The number of furan rings is 1. The first-order chi connectivity index (χ1) is 29.2. The van der Waals surface area contributed by atoms with E-state index in [2.05, 4.69) is 215 Å². The van der Waals surface area contributed by atoms with Crippen molar-refractivity contribution in [2.24, 2.45) is 0 Å². The van der Waals surface area contributed by atoms with Gasteiger partial charge in [0.25, 0.3) is 0 Å². The molecule has 0 saturated carbocycles. The van der Waals surface area contributed by atoms with Crippen molar-refractivity contribution in [3.05, 3.63) is 244 Å². The Labute approximate surface area is 351 Å². The van der Waals surface area contributed by atoms with E-state index in [1.807, 2.05) is 12.1 Å². The molecule has 1 aromatic heterocycles. The summed E-state index contributed by atoms with van der Waals surface area (Å²) in [6.07, 6.45) is 0. The van der Waals surface area contributed by atoms with Crippen LogP contribution < -0.4 is 4.90 Å². The fourth-order valence-corrected chi connectivity index (χ4v) is 10.5. The normalized spacial score (nSPS) is 14.9. The highest BCUT2D eigenvalue weighted by Gasteiger charge is 2.43. The third kappa shape index (κ3) is 5.39. The second kappa shape index (κ2) is 13.6. The molecule has 13 rings (SSSR count). The Bertz CT molecular complexity index is 3170. The summed E-state index contributed by atoms with van der Waals surface area (Å²) in [6.45, 7) is 0. The number of rotatable bonds is 6. The molecule has 0 unspecified atom stereocenters. The maximum absolute atomic E-state index is 6.43. The van der Waals surface area contributed by atoms with E-state index in [1.54, 1.807) is 0 Å². The topological polar surface area (TPSA) is 16.4 Å². The average Bonchev–Trinajstić information content (AvgIpc) is 3.69. The van der Waals surface area contributed by atoms with Crippen LogP contribution in [0.5, 0.6) is 0 Å². The van der Waals surface area contributed by atoms with Gasteiger partial charge in [0.2, 0.25) is 0 Å². The van der Waals surface area contributed by atoms with Gasteiger partial charge in [-0.15, -0.1) is 0 Å². The van der Waals surface area contributed by atoms with Crippen LogP contribution in [0.3, 0.4) is 0 Å². The van der Waals surface area contributed by atoms with Gasteiger partial charge in [0.05, 0.1) is 0 Å². The van der Waals surface area contributed by atoms with Crippen molar-refractivity contribution in [2.45, 2.75) is 11.8 Å². The summed E-state index contributed by atoms with van der Waals surface area (Å²) in [4.78, 5) is 2.36. The average molecular weight is 819 g/mol. The van der Waals surface area contributed by atoms with E-state index in [4.69, 9.17) is 4.42 Å². The highest BCUT2D eigenvalue weighted by Crippen LogP contribution is 2.59. The molecule has 9 aromatic carbocycles. The summed E-state index contributed by atoms with van der Waals surface area (Å²) in [5, 5.41) is 2.27. The predicted octanol–water partition coefficient (Wildman–Crippen LogP) is 15.8. The summed E-state index contributed by atoms with van der Waals surface area (Å²) >= 11 is 4.02. The van der Waals surface area contributed by atoms with Crippen molar-refractivity contribution >= 4 is 54.9 Å². The van der Waals surface area contributed by atoms with Crippen LogP contribution in [0, 0.1) is 0 Å². The Morgan fingerprint density at radius 3 is 1.44 bits per heavy atom. The van der Waals surface area contributed by atoms with Crippen LogP contribution in [-0.4, -0.2) is 0 Å². The number of hydrogen-bond donors (Lipinski definition) is 0. The third-order valence-corrected chi connectivity index (χ3v) is 13.2. The Morgan fingerprint density at radius 2 is 0.831 bits per heavy atom. The molecule has 0 amide bonds. The van der Waals surface area contributed by atoms with Crippen LogP contribution in [-0.2, 0) is 0 Å². The number of fused-ring (bicyclic) bond motifs is 3. The highest BCUT2D eigenvalue weighted by atomic mass is 79.9. The Morgan fingerprint density at radius 1 is 0.356 bits per heavy atom. The Hall–Kier alpha value is -6.94. The molecule has 3 aliphatic carbocycles. The van der Waals surface area contributed by atoms with E-state index < -0.39 is 0 Å². The molecule has 3 aliphatic rings. The van der Waals surface area contributed by atoms with E-state index in [0.29, 0.717) is 0 Å². The highest BCUT2D eigenvalue weighted by molar-refractivity contribution is 9.10. The van der Waals surface area contributed by atoms with Gasteiger partial charge >= 0.3 is 0 Å². The third-order valence-electron chi connectivity index (χ3n) is 12.6. The summed E-state index contributed by atoms with van der Waals surface area (Å²) in [7, 11) is 0. The van der Waals surface area contributed by atoms with E-state index >= 15 is 0 Å². The van der Waals surface area contributed by atoms with Gasteiger partial charge in [0.15, 0.2) is 0 Å². The van der Waals surface area contributed by atoms with Crippen molar-refractivity contribution in [3.8, 4) is 33.4 Å². The SMILES string of the molecule is Brc1ccc(-c2ccc(N(c3ccc(-c4ccccc4)cc3)c3ccc(-c4cccc5c4oc4ccccc45)cc3)cc2)c2c1C1c3ccccc3C2c2ccccc21. The summed E-state index contributed by atoms with van der Waals surface area (Å²) in [5.41, 5.74) is 20.7. The molecule has 0 saturated heterocycles. The van der Waals surface area contributed by atoms with Gasteiger partial charge in [0.1, 0.15) is 11.2 Å². The number of para-hydroxylation sites is 2. The van der Waals surface area contributed by atoms with Gasteiger partial charge in [-0.2, -0.15) is 0 Å². The molecule has 0 radical (unpaired) electrons. The molecular formula is C56H36BrNO. The van der Waals surface area contributed by atoms with E-state index in [-0.39, 0.29) is 11.8 Å². The molecule has 0 atom stereocenters. The van der Waals surface area contributed by atoms with Crippen LogP contribution in [0.1, 0.15) is 45.2 Å². The number of halogens is 1. The van der Waals surface area contributed by atoms with E-state index in [0.717, 1.165) is 50.1 Å². The van der Waals surface area contributed by atoms with Gasteiger partial charge in [-0.3, -0.25) is 0 Å². The summed E-state index contributed by atoms with van der Waals surface area (Å²) in [6, 6.07) is 74.9. The fraction of sp³-hybridized carbons (Fsp3) is 0.0357. The number of anilines is 3. The van der Waals surface area contributed by atoms with Crippen LogP contribution in [0.25, 0.3) is 55.3 Å². The zero-order chi connectivity index (χ0) is 39.0. The number of nitrogens with zero attached hydrogens (tertiary/aromatic N) is 1. The van der Waals surface area contributed by atoms with Crippen molar-refractivity contribution in [3.63, 3.8) is 0 Å². The molecule has 278 valence electrons. The van der Waals surface area contributed by atoms with Crippen molar-refractivity contribution in [1.82, 2.24) is 0 Å². The Kier molecular flexibility index (Phi) is 7.86. The first-order valence-electron chi connectivity index (χ1n) is 20.3. The lowest BCUT2D eigenvalue weighted by Crippen LogP contribution is -2.28. The smallest absolute Gasteiger partial charge is 0.143 e. The molecule has 1 heterocycles. The fourth-order valence-electron chi connectivity index (χ4n) is 9.93. The molecule has 10 aromatic rings. The zero-order valence-corrected chi connectivity index (χ0v) is 33.6. The zero-order valence-electron chi connectivity index (χ0n) is 32.0. The molecule has 0 spiro atoms. The minimum Gasteiger partial charge on any atom is -0.455 e. The molecule has 59 heavy (non-hydrogen) atoms. The molecule has 2 nitrogen and oxygen atoms in total. The van der Waals surface area contributed by atoms with Gasteiger partial charge in [0, 0.05) is 49.7 Å². The molecule has 0 aliphatic heterocycles. The second-order valence-corrected chi connectivity index (χ2v) is 16.5. The summed E-state index contributed by atoms with van der Waals surface area (Å²) < 4.78 is 7.61. The molecule has 0 N–H and O–H groups in total. The maximum Gasteiger partial charge on any atom is 0.143 e. The Balaban J connectivity index is 0.957. The lowest BCUT2D eigenvalue weighted by molar-refractivity contribution is 0.670. The largest absolute Gasteiger partial charge is 0.455 e. The van der Waals surface area contributed by atoms with Crippen molar-refractivity contribution in [1.29, 1.82) is 0 Å². The monoisotopic (exact) mass is 817 g/mol. The first kappa shape index (κ1) is 34.1. The predicted molar refractivity (Wildman–Crippen MR) is 247 cm³/mol. The minimum absolute atomic E-state index is 0.179. The molecule has 0 fully saturated rings. The number of hydrogen-bond acceptors (Lipinski definition) is 2. The molecular weight excluding hydrogens is 783 g/mol. The minimum atomic E-state index is 0.179. The quantitative estimate of drug-likeness (QED) is 0.166. The van der Waals surface area contributed by atoms with Gasteiger partial charge < -0.3 is 9.32 Å². The van der Waals surface area contributed by atoms with E-state index in [9.17, 15) is 0 Å². The molecule has 2 bridgehead atoms. The first-order valence-corrected chi connectivity index (χ1v) is 21.1. The summed E-state index contributed by atoms with van der Waals surface area (Å²) in [5.74, 6) is 0.380. The molecule has 3 heteroatoms. The standard InChI is InChI=1S/C56H36BrNO/c57-50-34-33-42(54-52-45-14-4-6-16-47(45)53(55(50)54)48-17-7-5-15-46(48)52)37-23-29-40(30-24-37)58(39-27-21-36(22-28-39)35-11-2-1-3-12-35)41-31-25-38(26-32-41)43-18-10-19-49-44-13-8-9-20-51(44)59-56(43)49/h1-34,52-53H.